The van der Waals surface area contributed by atoms with Crippen LogP contribution < -0.4 is 0 Å². The SMILES string of the molecule is C[C@]12CC[C@@H]3C[C@H](CC=O)CC[C@H]3[C@@H]1CC[C@@H]2O. The van der Waals surface area contributed by atoms with Gasteiger partial charge in [-0.25, -0.2) is 0 Å². The van der Waals surface area contributed by atoms with E-state index >= 15 is 0 Å². The molecule has 3 rings (SSSR count). The van der Waals surface area contributed by atoms with Crippen molar-refractivity contribution in [3.63, 3.8) is 0 Å². The van der Waals surface area contributed by atoms with Crippen molar-refractivity contribution in [1.82, 2.24) is 0 Å². The van der Waals surface area contributed by atoms with Crippen LogP contribution in [0.3, 0.4) is 0 Å². The molecule has 0 heterocycles. The highest BCUT2D eigenvalue weighted by atomic mass is 16.3. The molecule has 0 saturated heterocycles. The number of hydrogen-bond acceptors (Lipinski definition) is 2. The van der Waals surface area contributed by atoms with E-state index in [1.807, 2.05) is 0 Å². The fraction of sp³-hybridized carbons (Fsp3) is 0.938. The summed E-state index contributed by atoms with van der Waals surface area (Å²) in [6.45, 7) is 2.32. The molecule has 0 aromatic carbocycles. The Bertz CT molecular complexity index is 327. The molecule has 1 N–H and O–H groups in total. The van der Waals surface area contributed by atoms with Crippen LogP contribution >= 0.6 is 0 Å². The normalized spacial score (nSPS) is 51.6. The number of rotatable bonds is 2. The van der Waals surface area contributed by atoms with Crippen molar-refractivity contribution in [1.29, 1.82) is 0 Å². The molecule has 3 fully saturated rings. The third kappa shape index (κ3) is 1.84. The highest BCUT2D eigenvalue weighted by Gasteiger charge is 2.54. The minimum absolute atomic E-state index is 0.0591. The molecule has 102 valence electrons. The first-order chi connectivity index (χ1) is 8.65. The summed E-state index contributed by atoms with van der Waals surface area (Å²) < 4.78 is 0. The lowest BCUT2D eigenvalue weighted by Gasteiger charge is -2.50. The lowest BCUT2D eigenvalue weighted by atomic mass is 9.55. The van der Waals surface area contributed by atoms with E-state index in [2.05, 4.69) is 6.92 Å². The summed E-state index contributed by atoms with van der Waals surface area (Å²) in [4.78, 5) is 10.7. The number of hydrogen-bond donors (Lipinski definition) is 1. The molecule has 0 amide bonds. The fourth-order valence-electron chi connectivity index (χ4n) is 5.39. The summed E-state index contributed by atoms with van der Waals surface area (Å²) >= 11 is 0. The Hall–Kier alpha value is -0.370. The van der Waals surface area contributed by atoms with E-state index in [-0.39, 0.29) is 11.5 Å². The molecule has 6 atom stereocenters. The Morgan fingerprint density at radius 1 is 1.22 bits per heavy atom. The molecule has 0 aromatic rings. The molecule has 0 aromatic heterocycles. The lowest BCUT2D eigenvalue weighted by molar-refractivity contribution is -0.109. The largest absolute Gasteiger partial charge is 0.393 e. The molecule has 2 nitrogen and oxygen atoms in total. The first kappa shape index (κ1) is 12.7. The Morgan fingerprint density at radius 2 is 2.06 bits per heavy atom. The molecular formula is C16H26O2. The van der Waals surface area contributed by atoms with Gasteiger partial charge in [-0.3, -0.25) is 0 Å². The maximum absolute atomic E-state index is 10.7. The van der Waals surface area contributed by atoms with Gasteiger partial charge in [-0.05, 0) is 74.0 Å². The third-order valence-corrected chi connectivity index (χ3v) is 6.51. The lowest BCUT2D eigenvalue weighted by Crippen LogP contribution is -2.45. The third-order valence-electron chi connectivity index (χ3n) is 6.51. The van der Waals surface area contributed by atoms with E-state index in [4.69, 9.17) is 0 Å². The zero-order chi connectivity index (χ0) is 12.8. The van der Waals surface area contributed by atoms with Gasteiger partial charge in [-0.15, -0.1) is 0 Å². The number of carbonyl (C=O) groups excluding carboxylic acids is 1. The van der Waals surface area contributed by atoms with Crippen LogP contribution in [0.25, 0.3) is 0 Å². The van der Waals surface area contributed by atoms with Crippen LogP contribution in [0.1, 0.15) is 58.3 Å². The minimum Gasteiger partial charge on any atom is -0.393 e. The first-order valence-corrected chi connectivity index (χ1v) is 7.77. The van der Waals surface area contributed by atoms with E-state index in [9.17, 15) is 9.90 Å². The van der Waals surface area contributed by atoms with Gasteiger partial charge in [0.25, 0.3) is 0 Å². The smallest absolute Gasteiger partial charge is 0.120 e. The van der Waals surface area contributed by atoms with Gasteiger partial charge in [0.2, 0.25) is 0 Å². The van der Waals surface area contributed by atoms with Crippen LogP contribution in [0.4, 0.5) is 0 Å². The van der Waals surface area contributed by atoms with Crippen LogP contribution in [-0.2, 0) is 4.79 Å². The predicted molar refractivity (Wildman–Crippen MR) is 71.1 cm³/mol. The van der Waals surface area contributed by atoms with Crippen LogP contribution in [0.5, 0.6) is 0 Å². The van der Waals surface area contributed by atoms with Crippen LogP contribution in [-0.4, -0.2) is 17.5 Å². The van der Waals surface area contributed by atoms with Gasteiger partial charge in [-0.1, -0.05) is 6.92 Å². The summed E-state index contributed by atoms with van der Waals surface area (Å²) in [7, 11) is 0. The van der Waals surface area contributed by atoms with Crippen molar-refractivity contribution >= 4 is 6.29 Å². The molecule has 2 heteroatoms. The highest BCUT2D eigenvalue weighted by Crippen LogP contribution is 2.59. The summed E-state index contributed by atoms with van der Waals surface area (Å²) in [5.41, 5.74) is 0.207. The van der Waals surface area contributed by atoms with Crippen molar-refractivity contribution in [3.8, 4) is 0 Å². The monoisotopic (exact) mass is 250 g/mol. The number of aldehydes is 1. The summed E-state index contributed by atoms with van der Waals surface area (Å²) in [5, 5.41) is 10.3. The van der Waals surface area contributed by atoms with E-state index in [0.717, 1.165) is 36.9 Å². The van der Waals surface area contributed by atoms with Gasteiger partial charge < -0.3 is 9.90 Å². The number of aliphatic hydroxyl groups excluding tert-OH is 1. The molecule has 0 unspecified atom stereocenters. The second kappa shape index (κ2) is 4.63. The van der Waals surface area contributed by atoms with E-state index < -0.39 is 0 Å². The molecule has 3 saturated carbocycles. The summed E-state index contributed by atoms with van der Waals surface area (Å²) in [6, 6.07) is 0. The van der Waals surface area contributed by atoms with Gasteiger partial charge >= 0.3 is 0 Å². The minimum atomic E-state index is -0.0591. The highest BCUT2D eigenvalue weighted by molar-refractivity contribution is 5.49. The summed E-state index contributed by atoms with van der Waals surface area (Å²) in [6.07, 6.45) is 10.4. The van der Waals surface area contributed by atoms with Gasteiger partial charge in [0.1, 0.15) is 6.29 Å². The first-order valence-electron chi connectivity index (χ1n) is 7.77. The Labute approximate surface area is 110 Å². The van der Waals surface area contributed by atoms with Crippen molar-refractivity contribution in [2.45, 2.75) is 64.4 Å². The van der Waals surface area contributed by atoms with E-state index in [1.165, 1.54) is 38.5 Å². The zero-order valence-corrected chi connectivity index (χ0v) is 11.5. The molecule has 18 heavy (non-hydrogen) atoms. The van der Waals surface area contributed by atoms with E-state index in [0.29, 0.717) is 5.92 Å². The summed E-state index contributed by atoms with van der Waals surface area (Å²) in [5.74, 6) is 3.08. The predicted octanol–water partition coefficient (Wildman–Crippen LogP) is 3.18. The molecule has 0 aliphatic heterocycles. The zero-order valence-electron chi connectivity index (χ0n) is 11.5. The second-order valence-corrected chi connectivity index (χ2v) is 7.25. The average molecular weight is 250 g/mol. The fourth-order valence-corrected chi connectivity index (χ4v) is 5.39. The Morgan fingerprint density at radius 3 is 2.83 bits per heavy atom. The molecule has 3 aliphatic carbocycles. The average Bonchev–Trinajstić information content (AvgIpc) is 2.67. The quantitative estimate of drug-likeness (QED) is 0.764. The number of carbonyl (C=O) groups is 1. The topological polar surface area (TPSA) is 37.3 Å². The number of fused-ring (bicyclic) bond motifs is 3. The van der Waals surface area contributed by atoms with Crippen molar-refractivity contribution in [2.75, 3.05) is 0 Å². The van der Waals surface area contributed by atoms with Crippen LogP contribution in [0, 0.1) is 29.1 Å². The van der Waals surface area contributed by atoms with Gasteiger partial charge in [0.05, 0.1) is 6.10 Å². The van der Waals surface area contributed by atoms with Crippen molar-refractivity contribution in [2.24, 2.45) is 29.1 Å². The van der Waals surface area contributed by atoms with E-state index in [1.54, 1.807) is 0 Å². The Kier molecular flexibility index (Phi) is 3.25. The molecular weight excluding hydrogens is 224 g/mol. The second-order valence-electron chi connectivity index (χ2n) is 7.25. The van der Waals surface area contributed by atoms with Crippen LogP contribution in [0.15, 0.2) is 0 Å². The van der Waals surface area contributed by atoms with Gasteiger partial charge in [-0.2, -0.15) is 0 Å². The molecule has 0 spiro atoms. The number of aliphatic hydroxyl groups is 1. The van der Waals surface area contributed by atoms with Crippen molar-refractivity contribution < 1.29 is 9.90 Å². The van der Waals surface area contributed by atoms with Crippen LogP contribution in [0.2, 0.25) is 0 Å². The van der Waals surface area contributed by atoms with Gasteiger partial charge in [0, 0.05) is 6.42 Å². The Balaban J connectivity index is 1.73. The molecule has 0 radical (unpaired) electrons. The standard InChI is InChI=1S/C16H26O2/c1-16-8-6-12-10-11(7-9-17)2-3-13(12)14(16)4-5-15(16)18/h9,11-15,18H,2-8,10H2,1H3/t11-,12+,13+,14-,15-,16-/m0/s1. The maximum Gasteiger partial charge on any atom is 0.120 e. The molecule has 3 aliphatic rings. The van der Waals surface area contributed by atoms with Crippen molar-refractivity contribution in [3.05, 3.63) is 0 Å². The maximum atomic E-state index is 10.7. The van der Waals surface area contributed by atoms with Gasteiger partial charge in [0.15, 0.2) is 0 Å². The molecule has 0 bridgehead atoms.